The molecule has 1 amide bonds. The number of fused-ring (bicyclic) bond motifs is 1. The lowest BCUT2D eigenvalue weighted by Crippen LogP contribution is -2.37. The molecule has 1 unspecified atom stereocenters. The van der Waals surface area contributed by atoms with Crippen molar-refractivity contribution in [1.29, 1.82) is 0 Å². The minimum Gasteiger partial charge on any atom is -0.497 e. The summed E-state index contributed by atoms with van der Waals surface area (Å²) in [4.78, 5) is 18.7. The van der Waals surface area contributed by atoms with E-state index in [9.17, 15) is 4.79 Å². The van der Waals surface area contributed by atoms with Crippen LogP contribution in [-0.4, -0.2) is 41.2 Å². The molecular weight excluding hydrogens is 394 g/mol. The SMILES string of the molecule is COc1ccc(-c2noc(CN(C)C(=O)C(C)Oc3ccc4c(c3)CCCC4)n2)cc1. The van der Waals surface area contributed by atoms with Crippen LogP contribution in [0.25, 0.3) is 11.4 Å². The maximum atomic E-state index is 12.8. The molecule has 0 saturated heterocycles. The summed E-state index contributed by atoms with van der Waals surface area (Å²) in [5, 5.41) is 4.01. The molecule has 7 nitrogen and oxygen atoms in total. The van der Waals surface area contributed by atoms with Crippen molar-refractivity contribution in [3.05, 3.63) is 59.5 Å². The summed E-state index contributed by atoms with van der Waals surface area (Å²) in [6, 6.07) is 13.5. The quantitative estimate of drug-likeness (QED) is 0.573. The van der Waals surface area contributed by atoms with Gasteiger partial charge in [-0.15, -0.1) is 0 Å². The van der Waals surface area contributed by atoms with Gasteiger partial charge >= 0.3 is 0 Å². The number of carbonyl (C=O) groups excluding carboxylic acids is 1. The Morgan fingerprint density at radius 3 is 2.55 bits per heavy atom. The number of amides is 1. The lowest BCUT2D eigenvalue weighted by Gasteiger charge is -2.22. The second kappa shape index (κ2) is 9.20. The van der Waals surface area contributed by atoms with Gasteiger partial charge in [0.15, 0.2) is 6.10 Å². The van der Waals surface area contributed by atoms with Crippen LogP contribution < -0.4 is 9.47 Å². The van der Waals surface area contributed by atoms with Crippen molar-refractivity contribution in [2.75, 3.05) is 14.2 Å². The van der Waals surface area contributed by atoms with Gasteiger partial charge in [-0.1, -0.05) is 11.2 Å². The van der Waals surface area contributed by atoms with E-state index in [-0.39, 0.29) is 12.5 Å². The largest absolute Gasteiger partial charge is 0.497 e. The Balaban J connectivity index is 1.36. The molecule has 162 valence electrons. The molecule has 2 aromatic carbocycles. The Morgan fingerprint density at radius 2 is 1.81 bits per heavy atom. The number of rotatable bonds is 7. The first kappa shape index (κ1) is 20.9. The highest BCUT2D eigenvalue weighted by Gasteiger charge is 2.22. The first-order chi connectivity index (χ1) is 15.0. The van der Waals surface area contributed by atoms with Gasteiger partial charge in [-0.25, -0.2) is 0 Å². The van der Waals surface area contributed by atoms with Crippen molar-refractivity contribution in [3.63, 3.8) is 0 Å². The van der Waals surface area contributed by atoms with Crippen LogP contribution in [0.1, 0.15) is 36.8 Å². The number of aryl methyl sites for hydroxylation is 2. The first-order valence-corrected chi connectivity index (χ1v) is 10.5. The molecule has 7 heteroatoms. The van der Waals surface area contributed by atoms with Crippen molar-refractivity contribution in [1.82, 2.24) is 15.0 Å². The van der Waals surface area contributed by atoms with Crippen LogP contribution in [0.4, 0.5) is 0 Å². The van der Waals surface area contributed by atoms with Crippen LogP contribution in [0, 0.1) is 0 Å². The highest BCUT2D eigenvalue weighted by Crippen LogP contribution is 2.26. The maximum absolute atomic E-state index is 12.8. The van der Waals surface area contributed by atoms with Gasteiger partial charge in [-0.05, 0) is 80.1 Å². The van der Waals surface area contributed by atoms with Crippen LogP contribution in [0.2, 0.25) is 0 Å². The van der Waals surface area contributed by atoms with Gasteiger partial charge < -0.3 is 18.9 Å². The molecule has 1 aliphatic carbocycles. The van der Waals surface area contributed by atoms with Crippen molar-refractivity contribution in [2.24, 2.45) is 0 Å². The number of carbonyl (C=O) groups is 1. The fraction of sp³-hybridized carbons (Fsp3) is 0.375. The van der Waals surface area contributed by atoms with E-state index in [4.69, 9.17) is 14.0 Å². The molecule has 0 bridgehead atoms. The average Bonchev–Trinajstić information content (AvgIpc) is 3.26. The zero-order valence-corrected chi connectivity index (χ0v) is 18.1. The second-order valence-electron chi connectivity index (χ2n) is 7.83. The van der Waals surface area contributed by atoms with Gasteiger partial charge in [-0.2, -0.15) is 4.98 Å². The van der Waals surface area contributed by atoms with Crippen molar-refractivity contribution in [3.8, 4) is 22.9 Å². The van der Waals surface area contributed by atoms with E-state index >= 15 is 0 Å². The third kappa shape index (κ3) is 4.87. The van der Waals surface area contributed by atoms with E-state index in [1.54, 1.807) is 21.1 Å². The molecule has 31 heavy (non-hydrogen) atoms. The summed E-state index contributed by atoms with van der Waals surface area (Å²) in [5.74, 6) is 2.17. The van der Waals surface area contributed by atoms with E-state index in [0.717, 1.165) is 29.9 Å². The topological polar surface area (TPSA) is 77.7 Å². The minimum absolute atomic E-state index is 0.151. The number of nitrogens with zero attached hydrogens (tertiary/aromatic N) is 3. The van der Waals surface area contributed by atoms with E-state index in [1.807, 2.05) is 30.3 Å². The molecular formula is C24H27N3O4. The predicted octanol–water partition coefficient (Wildman–Crippen LogP) is 4.05. The highest BCUT2D eigenvalue weighted by molar-refractivity contribution is 5.80. The Labute approximate surface area is 182 Å². The minimum atomic E-state index is -0.615. The molecule has 0 saturated carbocycles. The molecule has 0 aliphatic heterocycles. The van der Waals surface area contributed by atoms with Crippen LogP contribution in [-0.2, 0) is 24.2 Å². The van der Waals surface area contributed by atoms with E-state index in [2.05, 4.69) is 22.3 Å². The number of likely N-dealkylation sites (N-methyl/N-ethyl adjacent to an activating group) is 1. The third-order valence-electron chi connectivity index (χ3n) is 5.55. The van der Waals surface area contributed by atoms with Gasteiger partial charge in [0.2, 0.25) is 11.7 Å². The van der Waals surface area contributed by atoms with Crippen LogP contribution in [0.5, 0.6) is 11.5 Å². The van der Waals surface area contributed by atoms with Crippen LogP contribution in [0.3, 0.4) is 0 Å². The van der Waals surface area contributed by atoms with Crippen LogP contribution in [0.15, 0.2) is 47.0 Å². The fourth-order valence-electron chi connectivity index (χ4n) is 3.81. The molecule has 1 aliphatic rings. The summed E-state index contributed by atoms with van der Waals surface area (Å²) < 4.78 is 16.4. The summed E-state index contributed by atoms with van der Waals surface area (Å²) in [6.45, 7) is 1.97. The number of benzene rings is 2. The lowest BCUT2D eigenvalue weighted by atomic mass is 9.92. The smallest absolute Gasteiger partial charge is 0.263 e. The number of aromatic nitrogens is 2. The normalized spacial score (nSPS) is 13.9. The molecule has 1 heterocycles. The zero-order chi connectivity index (χ0) is 21.8. The molecule has 1 aromatic heterocycles. The van der Waals surface area contributed by atoms with Gasteiger partial charge in [0.05, 0.1) is 13.7 Å². The summed E-state index contributed by atoms with van der Waals surface area (Å²) in [7, 11) is 3.32. The molecule has 4 rings (SSSR count). The summed E-state index contributed by atoms with van der Waals surface area (Å²) in [5.41, 5.74) is 3.53. The van der Waals surface area contributed by atoms with Gasteiger partial charge in [0.1, 0.15) is 11.5 Å². The lowest BCUT2D eigenvalue weighted by molar-refractivity contribution is -0.137. The molecule has 0 N–H and O–H groups in total. The highest BCUT2D eigenvalue weighted by atomic mass is 16.5. The van der Waals surface area contributed by atoms with Crippen LogP contribution >= 0.6 is 0 Å². The van der Waals surface area contributed by atoms with Gasteiger partial charge in [-0.3, -0.25) is 4.79 Å². The van der Waals surface area contributed by atoms with Gasteiger partial charge in [0, 0.05) is 12.6 Å². The monoisotopic (exact) mass is 421 g/mol. The Kier molecular flexibility index (Phi) is 6.21. The van der Waals surface area contributed by atoms with Crippen molar-refractivity contribution < 1.29 is 18.8 Å². The Hall–Kier alpha value is -3.35. The standard InChI is InChI=1S/C24H27N3O4/c1-16(30-21-13-8-17-6-4-5-7-19(17)14-21)24(28)27(2)15-22-25-23(26-31-22)18-9-11-20(29-3)12-10-18/h8-14,16H,4-7,15H2,1-3H3. The number of ether oxygens (including phenoxy) is 2. The average molecular weight is 421 g/mol. The second-order valence-corrected chi connectivity index (χ2v) is 7.83. The Bertz CT molecular complexity index is 1050. The number of methoxy groups -OCH3 is 1. The molecule has 0 fully saturated rings. The third-order valence-corrected chi connectivity index (χ3v) is 5.55. The molecule has 1 atom stereocenters. The van der Waals surface area contributed by atoms with Gasteiger partial charge in [0.25, 0.3) is 5.91 Å². The summed E-state index contributed by atoms with van der Waals surface area (Å²) >= 11 is 0. The molecule has 3 aromatic rings. The molecule has 0 spiro atoms. The fourth-order valence-corrected chi connectivity index (χ4v) is 3.81. The van der Waals surface area contributed by atoms with E-state index in [0.29, 0.717) is 11.7 Å². The first-order valence-electron chi connectivity index (χ1n) is 10.5. The molecule has 0 radical (unpaired) electrons. The van der Waals surface area contributed by atoms with E-state index in [1.165, 1.54) is 28.9 Å². The zero-order valence-electron chi connectivity index (χ0n) is 18.1. The Morgan fingerprint density at radius 1 is 1.10 bits per heavy atom. The van der Waals surface area contributed by atoms with Crippen molar-refractivity contribution in [2.45, 2.75) is 45.3 Å². The van der Waals surface area contributed by atoms with E-state index < -0.39 is 6.10 Å². The maximum Gasteiger partial charge on any atom is 0.263 e. The number of hydrogen-bond donors (Lipinski definition) is 0. The van der Waals surface area contributed by atoms with Crippen molar-refractivity contribution >= 4 is 5.91 Å². The summed E-state index contributed by atoms with van der Waals surface area (Å²) in [6.07, 6.45) is 4.02. The number of hydrogen-bond acceptors (Lipinski definition) is 6. The predicted molar refractivity (Wildman–Crippen MR) is 116 cm³/mol.